The molecule has 2 aliphatic rings. The van der Waals surface area contributed by atoms with Gasteiger partial charge in [-0.2, -0.15) is 5.10 Å². The predicted molar refractivity (Wildman–Crippen MR) is 172 cm³/mol. The van der Waals surface area contributed by atoms with Crippen LogP contribution in [-0.4, -0.2) is 67.4 Å². The van der Waals surface area contributed by atoms with E-state index in [1.165, 1.54) is 11.8 Å². The zero-order valence-corrected chi connectivity index (χ0v) is 25.9. The maximum absolute atomic E-state index is 14.0. The van der Waals surface area contributed by atoms with Gasteiger partial charge < -0.3 is 19.5 Å². The zero-order chi connectivity index (χ0) is 30.6. The van der Waals surface area contributed by atoms with E-state index >= 15 is 0 Å². The standard InChI is InChI=1S/C34H36N4O5S/c1-22-11-14-25(15-12-22)38-34-31(32(36-38)23-8-5-4-6-9-23)33(24-13-16-27(41-2)28(18-24)42-3)44-21-30(40)37(34)20-29(39)35-19-26-10-7-17-43-26/h4-6,8-9,11-16,18,26,33H,7,10,17,19-21H2,1-3H3,(H,35,39)/t26-,33+/m0/s1. The molecule has 228 valence electrons. The molecule has 2 atom stereocenters. The fourth-order valence-electron chi connectivity index (χ4n) is 5.71. The Morgan fingerprint density at radius 2 is 1.82 bits per heavy atom. The summed E-state index contributed by atoms with van der Waals surface area (Å²) in [6.45, 7) is 3.02. The lowest BCUT2D eigenvalue weighted by Crippen LogP contribution is -2.44. The Bertz CT molecular complexity index is 1630. The van der Waals surface area contributed by atoms with E-state index in [2.05, 4.69) is 5.32 Å². The summed E-state index contributed by atoms with van der Waals surface area (Å²) < 4.78 is 18.7. The minimum Gasteiger partial charge on any atom is -0.493 e. The number of rotatable bonds is 9. The topological polar surface area (TPSA) is 94.9 Å². The lowest BCUT2D eigenvalue weighted by Gasteiger charge is -2.24. The third kappa shape index (κ3) is 6.05. The zero-order valence-electron chi connectivity index (χ0n) is 25.1. The molecule has 1 N–H and O–H groups in total. The van der Waals surface area contributed by atoms with Crippen molar-refractivity contribution in [2.45, 2.75) is 31.1 Å². The number of carbonyl (C=O) groups excluding carboxylic acids is 2. The summed E-state index contributed by atoms with van der Waals surface area (Å²) in [6.07, 6.45) is 1.90. The molecule has 3 aromatic carbocycles. The molecule has 0 spiro atoms. The van der Waals surface area contributed by atoms with Gasteiger partial charge in [-0.3, -0.25) is 14.5 Å². The van der Waals surface area contributed by atoms with Gasteiger partial charge in [0, 0.05) is 24.3 Å². The van der Waals surface area contributed by atoms with Crippen molar-refractivity contribution in [1.82, 2.24) is 15.1 Å². The predicted octanol–water partition coefficient (Wildman–Crippen LogP) is 5.33. The van der Waals surface area contributed by atoms with Crippen molar-refractivity contribution in [3.05, 3.63) is 89.5 Å². The van der Waals surface area contributed by atoms with Crippen LogP contribution < -0.4 is 19.7 Å². The second kappa shape index (κ2) is 13.2. The summed E-state index contributed by atoms with van der Waals surface area (Å²) in [5.41, 5.74) is 5.35. The molecule has 2 amide bonds. The molecule has 10 heteroatoms. The molecule has 6 rings (SSSR count). The third-order valence-corrected chi connectivity index (χ3v) is 9.23. The van der Waals surface area contributed by atoms with Crippen LogP contribution in [0.1, 0.15) is 34.8 Å². The van der Waals surface area contributed by atoms with E-state index < -0.39 is 0 Å². The number of hydrogen-bond donors (Lipinski definition) is 1. The number of benzene rings is 3. The third-order valence-electron chi connectivity index (χ3n) is 7.98. The number of ether oxygens (including phenoxy) is 3. The van der Waals surface area contributed by atoms with E-state index in [1.807, 2.05) is 84.4 Å². The van der Waals surface area contributed by atoms with Crippen LogP contribution >= 0.6 is 11.8 Å². The maximum atomic E-state index is 14.0. The van der Waals surface area contributed by atoms with Crippen molar-refractivity contribution in [3.63, 3.8) is 0 Å². The number of fused-ring (bicyclic) bond motifs is 1. The monoisotopic (exact) mass is 612 g/mol. The smallest absolute Gasteiger partial charge is 0.240 e. The Morgan fingerprint density at radius 1 is 1.05 bits per heavy atom. The van der Waals surface area contributed by atoms with Crippen LogP contribution in [0.5, 0.6) is 11.5 Å². The van der Waals surface area contributed by atoms with Gasteiger partial charge in [-0.05, 0) is 49.6 Å². The number of amides is 2. The number of methoxy groups -OCH3 is 2. The van der Waals surface area contributed by atoms with E-state index in [4.69, 9.17) is 19.3 Å². The van der Waals surface area contributed by atoms with E-state index in [9.17, 15) is 9.59 Å². The fraction of sp³-hybridized carbons (Fsp3) is 0.324. The van der Waals surface area contributed by atoms with Gasteiger partial charge in [0.25, 0.3) is 0 Å². The Morgan fingerprint density at radius 3 is 2.52 bits per heavy atom. The molecule has 0 bridgehead atoms. The first-order chi connectivity index (χ1) is 21.5. The largest absolute Gasteiger partial charge is 0.493 e. The van der Waals surface area contributed by atoms with E-state index in [0.29, 0.717) is 30.5 Å². The Labute approximate surface area is 261 Å². The SMILES string of the molecule is COc1ccc([C@H]2SCC(=O)N(CC(=O)NC[C@@H]3CCCO3)c3c2c(-c2ccccc2)nn3-c2ccc(C)cc2)cc1OC. The minimum absolute atomic E-state index is 0.00195. The lowest BCUT2D eigenvalue weighted by molar-refractivity contribution is -0.123. The van der Waals surface area contributed by atoms with Crippen molar-refractivity contribution >= 4 is 29.4 Å². The number of hydrogen-bond acceptors (Lipinski definition) is 7. The quantitative estimate of drug-likeness (QED) is 0.273. The molecule has 44 heavy (non-hydrogen) atoms. The van der Waals surface area contributed by atoms with Crippen molar-refractivity contribution in [2.24, 2.45) is 0 Å². The fourth-order valence-corrected chi connectivity index (χ4v) is 6.89. The number of nitrogens with one attached hydrogen (secondary N) is 1. The van der Waals surface area contributed by atoms with Crippen molar-refractivity contribution in [1.29, 1.82) is 0 Å². The number of anilines is 1. The highest BCUT2D eigenvalue weighted by atomic mass is 32.2. The lowest BCUT2D eigenvalue weighted by atomic mass is 9.99. The first-order valence-electron chi connectivity index (χ1n) is 14.7. The molecule has 0 saturated carbocycles. The highest BCUT2D eigenvalue weighted by molar-refractivity contribution is 8.00. The molecule has 1 fully saturated rings. The van der Waals surface area contributed by atoms with Gasteiger partial charge in [-0.15, -0.1) is 11.8 Å². The molecule has 4 aromatic rings. The van der Waals surface area contributed by atoms with Gasteiger partial charge in [-0.1, -0.05) is 54.1 Å². The Balaban J connectivity index is 1.52. The van der Waals surface area contributed by atoms with E-state index in [1.54, 1.807) is 19.1 Å². The number of carbonyl (C=O) groups is 2. The molecule has 1 aromatic heterocycles. The molecular formula is C34H36N4O5S. The summed E-state index contributed by atoms with van der Waals surface area (Å²) in [5, 5.41) is 7.86. The average Bonchev–Trinajstić information content (AvgIpc) is 3.69. The van der Waals surface area contributed by atoms with Crippen molar-refractivity contribution in [3.8, 4) is 28.4 Å². The average molecular weight is 613 g/mol. The first kappa shape index (κ1) is 29.8. The number of thioether (sulfide) groups is 1. The highest BCUT2D eigenvalue weighted by Crippen LogP contribution is 2.49. The molecule has 3 heterocycles. The van der Waals surface area contributed by atoms with Crippen molar-refractivity contribution in [2.75, 3.05) is 44.6 Å². The number of aromatic nitrogens is 2. The van der Waals surface area contributed by atoms with Gasteiger partial charge in [0.05, 0.1) is 42.7 Å². The normalized spacial score (nSPS) is 18.1. The number of nitrogens with zero attached hydrogens (tertiary/aromatic N) is 3. The molecule has 2 aliphatic heterocycles. The van der Waals surface area contributed by atoms with Crippen LogP contribution in [0, 0.1) is 6.92 Å². The van der Waals surface area contributed by atoms with Crippen LogP contribution in [0.25, 0.3) is 16.9 Å². The highest BCUT2D eigenvalue weighted by Gasteiger charge is 2.38. The minimum atomic E-state index is -0.289. The maximum Gasteiger partial charge on any atom is 0.240 e. The van der Waals surface area contributed by atoms with Gasteiger partial charge in [-0.25, -0.2) is 4.68 Å². The van der Waals surface area contributed by atoms with Crippen LogP contribution in [0.4, 0.5) is 5.82 Å². The van der Waals surface area contributed by atoms with Crippen molar-refractivity contribution < 1.29 is 23.8 Å². The Kier molecular flexibility index (Phi) is 8.90. The Hall–Kier alpha value is -4.28. The second-order valence-electron chi connectivity index (χ2n) is 10.9. The van der Waals surface area contributed by atoms with Gasteiger partial charge in [0.15, 0.2) is 11.5 Å². The van der Waals surface area contributed by atoms with Crippen LogP contribution in [0.2, 0.25) is 0 Å². The van der Waals surface area contributed by atoms with Gasteiger partial charge in [0.2, 0.25) is 11.8 Å². The first-order valence-corrected chi connectivity index (χ1v) is 15.8. The summed E-state index contributed by atoms with van der Waals surface area (Å²) in [4.78, 5) is 28.9. The molecule has 0 aliphatic carbocycles. The molecule has 0 radical (unpaired) electrons. The summed E-state index contributed by atoms with van der Waals surface area (Å²) in [7, 11) is 3.22. The van der Waals surface area contributed by atoms with E-state index in [0.717, 1.165) is 46.5 Å². The summed E-state index contributed by atoms with van der Waals surface area (Å²) in [6, 6.07) is 23.8. The summed E-state index contributed by atoms with van der Waals surface area (Å²) >= 11 is 1.51. The molecule has 9 nitrogen and oxygen atoms in total. The van der Waals surface area contributed by atoms with Crippen LogP contribution in [0.15, 0.2) is 72.8 Å². The van der Waals surface area contributed by atoms with Crippen LogP contribution in [0.3, 0.4) is 0 Å². The molecule has 0 unspecified atom stereocenters. The second-order valence-corrected chi connectivity index (χ2v) is 12.0. The summed E-state index contributed by atoms with van der Waals surface area (Å²) in [5.74, 6) is 1.56. The van der Waals surface area contributed by atoms with Gasteiger partial charge >= 0.3 is 0 Å². The molecular weight excluding hydrogens is 576 g/mol. The molecule has 1 saturated heterocycles. The number of aryl methyl sites for hydroxylation is 1. The van der Waals surface area contributed by atoms with Gasteiger partial charge in [0.1, 0.15) is 12.4 Å². The van der Waals surface area contributed by atoms with Crippen LogP contribution in [-0.2, 0) is 14.3 Å². The van der Waals surface area contributed by atoms with E-state index in [-0.39, 0.29) is 35.5 Å².